The lowest BCUT2D eigenvalue weighted by atomic mass is 9.89. The first-order valence-corrected chi connectivity index (χ1v) is 6.32. The predicted octanol–water partition coefficient (Wildman–Crippen LogP) is 2.60. The van der Waals surface area contributed by atoms with Crippen molar-refractivity contribution < 1.29 is 14.3 Å². The summed E-state index contributed by atoms with van der Waals surface area (Å²) >= 11 is 0. The number of carbonyl (C=O) groups is 1. The molecule has 1 saturated heterocycles. The normalized spacial score (nSPS) is 27.2. The quantitative estimate of drug-likeness (QED) is 0.771. The van der Waals surface area contributed by atoms with E-state index in [0.29, 0.717) is 17.7 Å². The highest BCUT2D eigenvalue weighted by Crippen LogP contribution is 2.48. The van der Waals surface area contributed by atoms with Crippen LogP contribution in [0.2, 0.25) is 0 Å². The molecule has 1 fully saturated rings. The van der Waals surface area contributed by atoms with Crippen LogP contribution in [0.15, 0.2) is 54.6 Å². The van der Waals surface area contributed by atoms with Gasteiger partial charge in [0.25, 0.3) is 0 Å². The van der Waals surface area contributed by atoms with Crippen LogP contribution in [0.5, 0.6) is 5.75 Å². The van der Waals surface area contributed by atoms with E-state index in [-0.39, 0.29) is 5.78 Å². The van der Waals surface area contributed by atoms with Crippen LogP contribution in [0, 0.1) is 0 Å². The molecule has 2 aliphatic rings. The van der Waals surface area contributed by atoms with Crippen LogP contribution in [0.4, 0.5) is 0 Å². The topological polar surface area (TPSA) is 38.8 Å². The van der Waals surface area contributed by atoms with Gasteiger partial charge in [-0.25, -0.2) is 0 Å². The molecule has 0 N–H and O–H groups in total. The summed E-state index contributed by atoms with van der Waals surface area (Å²) in [5.74, 6) is 0.655. The number of ether oxygens (including phenoxy) is 2. The fourth-order valence-electron chi connectivity index (χ4n) is 2.64. The van der Waals surface area contributed by atoms with E-state index in [0.717, 1.165) is 5.56 Å². The number of epoxide rings is 1. The number of hydrogen-bond acceptors (Lipinski definition) is 3. The molecular weight excluding hydrogens is 240 g/mol. The Kier molecular flexibility index (Phi) is 2.09. The van der Waals surface area contributed by atoms with Crippen LogP contribution in [-0.4, -0.2) is 17.7 Å². The van der Waals surface area contributed by atoms with E-state index in [1.165, 1.54) is 0 Å². The average Bonchev–Trinajstić information content (AvgIpc) is 3.14. The number of ketones is 1. The molecule has 2 heterocycles. The van der Waals surface area contributed by atoms with Gasteiger partial charge in [0.05, 0.1) is 5.56 Å². The second kappa shape index (κ2) is 3.68. The predicted molar refractivity (Wildman–Crippen MR) is 69.2 cm³/mol. The van der Waals surface area contributed by atoms with E-state index < -0.39 is 11.9 Å². The lowest BCUT2D eigenvalue weighted by Crippen LogP contribution is -2.35. The van der Waals surface area contributed by atoms with Gasteiger partial charge in [0, 0.05) is 6.42 Å². The second-order valence-corrected chi connectivity index (χ2v) is 4.94. The first kappa shape index (κ1) is 10.8. The van der Waals surface area contributed by atoms with E-state index >= 15 is 0 Å². The first-order chi connectivity index (χ1) is 9.29. The molecule has 0 amide bonds. The number of benzene rings is 2. The zero-order valence-electron chi connectivity index (χ0n) is 10.2. The molecule has 4 rings (SSSR count). The maximum atomic E-state index is 12.6. The molecule has 19 heavy (non-hydrogen) atoms. The van der Waals surface area contributed by atoms with Gasteiger partial charge in [-0.3, -0.25) is 4.79 Å². The Morgan fingerprint density at radius 2 is 1.74 bits per heavy atom. The van der Waals surface area contributed by atoms with Crippen molar-refractivity contribution in [2.45, 2.75) is 18.3 Å². The maximum Gasteiger partial charge on any atom is 0.238 e. The molecule has 94 valence electrons. The Morgan fingerprint density at radius 3 is 2.58 bits per heavy atom. The molecule has 0 spiro atoms. The van der Waals surface area contributed by atoms with Gasteiger partial charge >= 0.3 is 0 Å². The lowest BCUT2D eigenvalue weighted by Gasteiger charge is -2.19. The molecule has 3 heteroatoms. The highest BCUT2D eigenvalue weighted by Gasteiger charge is 2.67. The summed E-state index contributed by atoms with van der Waals surface area (Å²) in [5.41, 5.74) is 0.893. The standard InChI is InChI=1S/C16H12O3/c17-14-12-8-4-5-9-13(12)18-15-16(14,19-15)10-11-6-2-1-3-7-11/h1-9,15H,10H2. The first-order valence-electron chi connectivity index (χ1n) is 6.32. The van der Waals surface area contributed by atoms with Gasteiger partial charge in [-0.2, -0.15) is 0 Å². The number of hydrogen-bond donors (Lipinski definition) is 0. The molecule has 2 unspecified atom stereocenters. The van der Waals surface area contributed by atoms with Crippen LogP contribution in [0.25, 0.3) is 0 Å². The number of Topliss-reactive ketones (excluding diaryl/α,β-unsaturated/α-hetero) is 1. The summed E-state index contributed by atoms with van der Waals surface area (Å²) in [6.07, 6.45) is 0.126. The molecule has 2 atom stereocenters. The zero-order valence-corrected chi connectivity index (χ0v) is 10.2. The van der Waals surface area contributed by atoms with Crippen molar-refractivity contribution in [3.05, 3.63) is 65.7 Å². The highest BCUT2D eigenvalue weighted by molar-refractivity contribution is 6.07. The van der Waals surface area contributed by atoms with Gasteiger partial charge in [0.15, 0.2) is 0 Å². The molecule has 0 saturated carbocycles. The summed E-state index contributed by atoms with van der Waals surface area (Å²) in [6, 6.07) is 17.2. The lowest BCUT2D eigenvalue weighted by molar-refractivity contribution is 0.0864. The van der Waals surface area contributed by atoms with Crippen molar-refractivity contribution in [1.82, 2.24) is 0 Å². The van der Waals surface area contributed by atoms with Crippen molar-refractivity contribution in [1.29, 1.82) is 0 Å². The van der Waals surface area contributed by atoms with Gasteiger partial charge in [-0.1, -0.05) is 42.5 Å². The van der Waals surface area contributed by atoms with Crippen LogP contribution >= 0.6 is 0 Å². The monoisotopic (exact) mass is 252 g/mol. The summed E-state index contributed by atoms with van der Waals surface area (Å²) in [5, 5.41) is 0. The molecule has 2 aromatic carbocycles. The Hall–Kier alpha value is -2.13. The summed E-state index contributed by atoms with van der Waals surface area (Å²) in [4.78, 5) is 12.6. The molecule has 2 aliphatic heterocycles. The Bertz CT molecular complexity index is 650. The molecule has 0 bridgehead atoms. The number of fused-ring (bicyclic) bond motifs is 2. The van der Waals surface area contributed by atoms with Crippen molar-refractivity contribution in [3.8, 4) is 5.75 Å². The molecule has 2 aromatic rings. The number of rotatable bonds is 2. The SMILES string of the molecule is O=C1c2ccccc2OC2OC12Cc1ccccc1. The smallest absolute Gasteiger partial charge is 0.238 e. The Morgan fingerprint density at radius 1 is 1.00 bits per heavy atom. The van der Waals surface area contributed by atoms with Crippen LogP contribution in [0.3, 0.4) is 0 Å². The minimum atomic E-state index is -0.810. The molecule has 0 radical (unpaired) electrons. The summed E-state index contributed by atoms with van der Waals surface area (Å²) in [7, 11) is 0. The fourth-order valence-corrected chi connectivity index (χ4v) is 2.64. The fraction of sp³-hybridized carbons (Fsp3) is 0.188. The van der Waals surface area contributed by atoms with Gasteiger partial charge in [0.2, 0.25) is 17.7 Å². The van der Waals surface area contributed by atoms with E-state index in [1.54, 1.807) is 12.1 Å². The molecular formula is C16H12O3. The van der Waals surface area contributed by atoms with Crippen molar-refractivity contribution >= 4 is 5.78 Å². The summed E-state index contributed by atoms with van der Waals surface area (Å²) < 4.78 is 11.3. The largest absolute Gasteiger partial charge is 0.460 e. The van der Waals surface area contributed by atoms with Crippen LogP contribution < -0.4 is 4.74 Å². The third kappa shape index (κ3) is 1.52. The minimum Gasteiger partial charge on any atom is -0.460 e. The molecule has 0 aromatic heterocycles. The third-order valence-electron chi connectivity index (χ3n) is 3.70. The van der Waals surface area contributed by atoms with Gasteiger partial charge in [-0.05, 0) is 17.7 Å². The maximum absolute atomic E-state index is 12.6. The number of para-hydroxylation sites is 1. The van der Waals surface area contributed by atoms with E-state index in [9.17, 15) is 4.79 Å². The Balaban J connectivity index is 1.70. The van der Waals surface area contributed by atoms with Gasteiger partial charge in [-0.15, -0.1) is 0 Å². The van der Waals surface area contributed by atoms with E-state index in [4.69, 9.17) is 9.47 Å². The van der Waals surface area contributed by atoms with E-state index in [2.05, 4.69) is 0 Å². The Labute approximate surface area is 110 Å². The van der Waals surface area contributed by atoms with E-state index in [1.807, 2.05) is 42.5 Å². The highest BCUT2D eigenvalue weighted by atomic mass is 16.8. The van der Waals surface area contributed by atoms with Crippen LogP contribution in [-0.2, 0) is 11.2 Å². The van der Waals surface area contributed by atoms with Crippen molar-refractivity contribution in [2.75, 3.05) is 0 Å². The molecule has 0 aliphatic carbocycles. The average molecular weight is 252 g/mol. The minimum absolute atomic E-state index is 0.0307. The van der Waals surface area contributed by atoms with Crippen LogP contribution in [0.1, 0.15) is 15.9 Å². The third-order valence-corrected chi connectivity index (χ3v) is 3.70. The van der Waals surface area contributed by atoms with Gasteiger partial charge < -0.3 is 9.47 Å². The molecule has 3 nitrogen and oxygen atoms in total. The second-order valence-electron chi connectivity index (χ2n) is 4.94. The van der Waals surface area contributed by atoms with Crippen molar-refractivity contribution in [2.24, 2.45) is 0 Å². The number of carbonyl (C=O) groups excluding carboxylic acids is 1. The zero-order chi connectivity index (χ0) is 12.9. The van der Waals surface area contributed by atoms with Gasteiger partial charge in [0.1, 0.15) is 5.75 Å². The van der Waals surface area contributed by atoms with Crippen molar-refractivity contribution in [3.63, 3.8) is 0 Å². The summed E-state index contributed by atoms with van der Waals surface area (Å²) in [6.45, 7) is 0.